The summed E-state index contributed by atoms with van der Waals surface area (Å²) in [5, 5.41) is 2.81. The summed E-state index contributed by atoms with van der Waals surface area (Å²) in [5.41, 5.74) is -0.687. The van der Waals surface area contributed by atoms with Crippen LogP contribution in [-0.2, 0) is 6.18 Å². The molecule has 0 aliphatic carbocycles. The largest absolute Gasteiger partial charge is 0.419 e. The van der Waals surface area contributed by atoms with Crippen molar-refractivity contribution in [2.24, 2.45) is 0 Å². The third-order valence-electron chi connectivity index (χ3n) is 2.97. The molecule has 0 radical (unpaired) electrons. The summed E-state index contributed by atoms with van der Waals surface area (Å²) >= 11 is 0. The maximum absolute atomic E-state index is 13.6. The molecule has 7 heteroatoms. The third-order valence-corrected chi connectivity index (χ3v) is 2.97. The highest BCUT2D eigenvalue weighted by atomic mass is 19.4. The Balaban J connectivity index is 2.40. The van der Waals surface area contributed by atoms with Gasteiger partial charge in [0.25, 0.3) is 0 Å². The second-order valence-electron chi connectivity index (χ2n) is 4.36. The van der Waals surface area contributed by atoms with Crippen molar-refractivity contribution in [2.45, 2.75) is 12.2 Å². The van der Waals surface area contributed by atoms with Crippen molar-refractivity contribution in [1.29, 1.82) is 0 Å². The van der Waals surface area contributed by atoms with Crippen LogP contribution in [0, 0.1) is 11.6 Å². The Morgan fingerprint density at radius 2 is 1.81 bits per heavy atom. The Morgan fingerprint density at radius 3 is 2.29 bits per heavy atom. The number of nitrogens with zero attached hydrogens (tertiary/aromatic N) is 1. The highest BCUT2D eigenvalue weighted by Crippen LogP contribution is 2.33. The predicted octanol–water partition coefficient (Wildman–Crippen LogP) is 3.69. The van der Waals surface area contributed by atoms with Gasteiger partial charge in [0, 0.05) is 0 Å². The summed E-state index contributed by atoms with van der Waals surface area (Å²) < 4.78 is 64.0. The van der Waals surface area contributed by atoms with E-state index in [9.17, 15) is 22.0 Å². The molecule has 0 saturated carbocycles. The van der Waals surface area contributed by atoms with Crippen molar-refractivity contribution in [2.75, 3.05) is 7.05 Å². The predicted molar refractivity (Wildman–Crippen MR) is 66.5 cm³/mol. The first-order valence-electron chi connectivity index (χ1n) is 5.98. The molecule has 21 heavy (non-hydrogen) atoms. The highest BCUT2D eigenvalue weighted by Gasteiger charge is 2.34. The molecule has 1 unspecified atom stereocenters. The minimum atomic E-state index is -4.74. The molecule has 1 aromatic carbocycles. The molecular weight excluding hydrogens is 291 g/mol. The van der Waals surface area contributed by atoms with Crippen molar-refractivity contribution < 1.29 is 22.0 Å². The summed E-state index contributed by atoms with van der Waals surface area (Å²) in [6.45, 7) is 0. The average Bonchev–Trinajstić information content (AvgIpc) is 2.40. The van der Waals surface area contributed by atoms with Crippen molar-refractivity contribution in [1.82, 2.24) is 10.3 Å². The molecule has 0 spiro atoms. The van der Waals surface area contributed by atoms with Gasteiger partial charge in [-0.1, -0.05) is 6.07 Å². The number of nitrogens with one attached hydrogen (secondary N) is 1. The number of pyridine rings is 1. The van der Waals surface area contributed by atoms with Crippen LogP contribution in [0.4, 0.5) is 22.0 Å². The second-order valence-corrected chi connectivity index (χ2v) is 4.36. The minimum Gasteiger partial charge on any atom is -0.308 e. The van der Waals surface area contributed by atoms with Crippen LogP contribution < -0.4 is 5.32 Å². The van der Waals surface area contributed by atoms with Crippen LogP contribution in [0.3, 0.4) is 0 Å². The molecule has 0 aliphatic rings. The van der Waals surface area contributed by atoms with Gasteiger partial charge in [-0.2, -0.15) is 13.2 Å². The zero-order valence-corrected chi connectivity index (χ0v) is 10.9. The van der Waals surface area contributed by atoms with Gasteiger partial charge in [0.2, 0.25) is 0 Å². The number of benzene rings is 1. The molecular formula is C14H11F5N2. The fraction of sp³-hybridized carbons (Fsp3) is 0.214. The number of hydrogen-bond donors (Lipinski definition) is 1. The van der Waals surface area contributed by atoms with Crippen molar-refractivity contribution >= 4 is 0 Å². The molecule has 2 nitrogen and oxygen atoms in total. The third kappa shape index (κ3) is 3.36. The van der Waals surface area contributed by atoms with Gasteiger partial charge in [-0.3, -0.25) is 4.98 Å². The fourth-order valence-corrected chi connectivity index (χ4v) is 1.98. The molecule has 2 rings (SSSR count). The lowest BCUT2D eigenvalue weighted by molar-refractivity contribution is -0.140. The lowest BCUT2D eigenvalue weighted by atomic mass is 10.0. The van der Waals surface area contributed by atoms with Gasteiger partial charge in [-0.15, -0.1) is 0 Å². The van der Waals surface area contributed by atoms with Gasteiger partial charge in [0.1, 0.15) is 11.6 Å². The van der Waals surface area contributed by atoms with E-state index in [4.69, 9.17) is 0 Å². The summed E-state index contributed by atoms with van der Waals surface area (Å²) in [5.74, 6) is -1.89. The van der Waals surface area contributed by atoms with Gasteiger partial charge in [-0.05, 0) is 36.9 Å². The zero-order chi connectivity index (χ0) is 15.6. The molecule has 0 saturated heterocycles. The Kier molecular flexibility index (Phi) is 4.22. The molecule has 1 aromatic heterocycles. The van der Waals surface area contributed by atoms with E-state index in [1.165, 1.54) is 12.1 Å². The summed E-state index contributed by atoms with van der Waals surface area (Å²) in [6, 6.07) is 4.56. The van der Waals surface area contributed by atoms with Gasteiger partial charge in [0.15, 0.2) is 0 Å². The lowest BCUT2D eigenvalue weighted by Gasteiger charge is -2.17. The molecule has 2 aromatic rings. The smallest absolute Gasteiger partial charge is 0.308 e. The Hall–Kier alpha value is -2.02. The Bertz CT molecular complexity index is 622. The molecule has 1 atom stereocenters. The standard InChI is InChI=1S/C14H11F5N2/c1-20-13(12-5-3-9(15)7-21-12)8-2-4-10(11(16)6-8)14(17,18)19/h2-7,13,20H,1H3. The second kappa shape index (κ2) is 5.77. The number of rotatable bonds is 3. The first kappa shape index (κ1) is 15.4. The number of halogens is 5. The van der Waals surface area contributed by atoms with E-state index in [2.05, 4.69) is 10.3 Å². The van der Waals surface area contributed by atoms with Gasteiger partial charge in [-0.25, -0.2) is 8.78 Å². The van der Waals surface area contributed by atoms with E-state index in [-0.39, 0.29) is 5.56 Å². The normalized spacial score (nSPS) is 13.2. The van der Waals surface area contributed by atoms with E-state index >= 15 is 0 Å². The zero-order valence-electron chi connectivity index (χ0n) is 10.9. The summed E-state index contributed by atoms with van der Waals surface area (Å²) in [7, 11) is 1.55. The van der Waals surface area contributed by atoms with Crippen LogP contribution in [0.5, 0.6) is 0 Å². The van der Waals surface area contributed by atoms with E-state index in [1.807, 2.05) is 0 Å². The molecule has 0 bridgehead atoms. The number of aromatic nitrogens is 1. The average molecular weight is 302 g/mol. The Labute approximate surface area is 117 Å². The van der Waals surface area contributed by atoms with Crippen LogP contribution in [0.15, 0.2) is 36.5 Å². The van der Waals surface area contributed by atoms with Crippen molar-refractivity contribution in [3.05, 3.63) is 65.0 Å². The molecule has 1 heterocycles. The Morgan fingerprint density at radius 1 is 1.10 bits per heavy atom. The number of alkyl halides is 3. The van der Waals surface area contributed by atoms with Crippen LogP contribution in [0.1, 0.15) is 22.9 Å². The van der Waals surface area contributed by atoms with Crippen LogP contribution in [0.25, 0.3) is 0 Å². The van der Waals surface area contributed by atoms with E-state index < -0.39 is 29.4 Å². The molecule has 1 N–H and O–H groups in total. The van der Waals surface area contributed by atoms with Gasteiger partial charge >= 0.3 is 6.18 Å². The maximum atomic E-state index is 13.6. The van der Waals surface area contributed by atoms with Crippen LogP contribution in [-0.4, -0.2) is 12.0 Å². The van der Waals surface area contributed by atoms with Crippen LogP contribution >= 0.6 is 0 Å². The van der Waals surface area contributed by atoms with E-state index in [0.717, 1.165) is 18.3 Å². The lowest BCUT2D eigenvalue weighted by Crippen LogP contribution is -2.19. The molecule has 0 fully saturated rings. The van der Waals surface area contributed by atoms with Gasteiger partial charge in [0.05, 0.1) is 23.5 Å². The number of hydrogen-bond acceptors (Lipinski definition) is 2. The molecule has 0 aliphatic heterocycles. The first-order chi connectivity index (χ1) is 9.82. The first-order valence-corrected chi connectivity index (χ1v) is 5.98. The molecule has 112 valence electrons. The maximum Gasteiger partial charge on any atom is 0.419 e. The summed E-state index contributed by atoms with van der Waals surface area (Å²) in [6.07, 6.45) is -3.76. The SMILES string of the molecule is CNC(c1ccc(C(F)(F)F)c(F)c1)c1ccc(F)cn1. The molecule has 0 amide bonds. The van der Waals surface area contributed by atoms with Crippen LogP contribution in [0.2, 0.25) is 0 Å². The topological polar surface area (TPSA) is 24.9 Å². The highest BCUT2D eigenvalue weighted by molar-refractivity contribution is 5.32. The minimum absolute atomic E-state index is 0.266. The monoisotopic (exact) mass is 302 g/mol. The van der Waals surface area contributed by atoms with Crippen molar-refractivity contribution in [3.63, 3.8) is 0 Å². The quantitative estimate of drug-likeness (QED) is 0.875. The van der Waals surface area contributed by atoms with Gasteiger partial charge < -0.3 is 5.32 Å². The fourth-order valence-electron chi connectivity index (χ4n) is 1.98. The van der Waals surface area contributed by atoms with E-state index in [1.54, 1.807) is 7.05 Å². The van der Waals surface area contributed by atoms with E-state index in [0.29, 0.717) is 11.8 Å². The van der Waals surface area contributed by atoms with Crippen molar-refractivity contribution in [3.8, 4) is 0 Å². The summed E-state index contributed by atoms with van der Waals surface area (Å²) in [4.78, 5) is 3.84.